The zero-order chi connectivity index (χ0) is 15.1. The van der Waals surface area contributed by atoms with E-state index in [9.17, 15) is 9.59 Å². The Morgan fingerprint density at radius 1 is 1.29 bits per heavy atom. The van der Waals surface area contributed by atoms with E-state index in [1.165, 1.54) is 23.5 Å². The van der Waals surface area contributed by atoms with Crippen LogP contribution < -0.4 is 5.32 Å². The van der Waals surface area contributed by atoms with Crippen molar-refractivity contribution in [1.82, 2.24) is 5.32 Å². The summed E-state index contributed by atoms with van der Waals surface area (Å²) in [6.45, 7) is 0.0684. The summed E-state index contributed by atoms with van der Waals surface area (Å²) >= 11 is 1.54. The van der Waals surface area contributed by atoms with Crippen LogP contribution >= 0.6 is 11.3 Å². The predicted molar refractivity (Wildman–Crippen MR) is 77.6 cm³/mol. The number of nitriles is 1. The standard InChI is InChI=1S/C15H12N2O3S/c16-8-11-3-1-4-12(7-11)15(19)20-10-14(18)17-9-13-5-2-6-21-13/h1-7H,9-10H2,(H,17,18). The van der Waals surface area contributed by atoms with Crippen molar-refractivity contribution >= 4 is 23.2 Å². The summed E-state index contributed by atoms with van der Waals surface area (Å²) in [4.78, 5) is 24.3. The number of carbonyl (C=O) groups excluding carboxylic acids is 2. The minimum absolute atomic E-state index is 0.250. The molecule has 0 atom stereocenters. The van der Waals surface area contributed by atoms with Crippen molar-refractivity contribution in [3.8, 4) is 6.07 Å². The highest BCUT2D eigenvalue weighted by atomic mass is 32.1. The first kappa shape index (κ1) is 14.8. The summed E-state index contributed by atoms with van der Waals surface area (Å²) in [6.07, 6.45) is 0. The van der Waals surface area contributed by atoms with Crippen molar-refractivity contribution in [1.29, 1.82) is 5.26 Å². The Morgan fingerprint density at radius 2 is 2.14 bits per heavy atom. The Hall–Kier alpha value is -2.65. The van der Waals surface area contributed by atoms with Gasteiger partial charge in [0.05, 0.1) is 23.7 Å². The van der Waals surface area contributed by atoms with Crippen LogP contribution in [0.2, 0.25) is 0 Å². The summed E-state index contributed by atoms with van der Waals surface area (Å²) < 4.78 is 4.90. The SMILES string of the molecule is N#Cc1cccc(C(=O)OCC(=O)NCc2cccs2)c1. The number of amides is 1. The first-order valence-corrected chi connectivity index (χ1v) is 7.03. The largest absolute Gasteiger partial charge is 0.452 e. The summed E-state index contributed by atoms with van der Waals surface area (Å²) in [7, 11) is 0. The minimum atomic E-state index is -0.627. The molecule has 6 heteroatoms. The van der Waals surface area contributed by atoms with Crippen molar-refractivity contribution in [2.75, 3.05) is 6.61 Å². The number of ether oxygens (including phenoxy) is 1. The third-order valence-electron chi connectivity index (χ3n) is 2.60. The van der Waals surface area contributed by atoms with E-state index in [2.05, 4.69) is 5.32 Å². The summed E-state index contributed by atoms with van der Waals surface area (Å²) in [5.74, 6) is -0.994. The molecular formula is C15H12N2O3S. The summed E-state index contributed by atoms with van der Waals surface area (Å²) in [5, 5.41) is 13.3. The number of hydrogen-bond acceptors (Lipinski definition) is 5. The molecular weight excluding hydrogens is 288 g/mol. The molecule has 1 amide bonds. The molecule has 0 saturated carbocycles. The highest BCUT2D eigenvalue weighted by Gasteiger charge is 2.10. The highest BCUT2D eigenvalue weighted by molar-refractivity contribution is 7.09. The molecule has 0 unspecified atom stereocenters. The predicted octanol–water partition coefficient (Wildman–Crippen LogP) is 2.09. The van der Waals surface area contributed by atoms with Gasteiger partial charge in [0.2, 0.25) is 0 Å². The van der Waals surface area contributed by atoms with Crippen molar-refractivity contribution < 1.29 is 14.3 Å². The molecule has 1 heterocycles. The lowest BCUT2D eigenvalue weighted by Gasteiger charge is -2.06. The topological polar surface area (TPSA) is 79.2 Å². The average Bonchev–Trinajstić information content (AvgIpc) is 3.04. The number of nitrogens with one attached hydrogen (secondary N) is 1. The molecule has 2 rings (SSSR count). The molecule has 0 spiro atoms. The van der Waals surface area contributed by atoms with Crippen molar-refractivity contribution in [2.24, 2.45) is 0 Å². The normalized spacial score (nSPS) is 9.67. The van der Waals surface area contributed by atoms with Gasteiger partial charge in [0.25, 0.3) is 5.91 Å². The molecule has 1 aromatic carbocycles. The van der Waals surface area contributed by atoms with E-state index in [-0.39, 0.29) is 18.1 Å². The number of hydrogen-bond donors (Lipinski definition) is 1. The fourth-order valence-electron chi connectivity index (χ4n) is 1.58. The van der Waals surface area contributed by atoms with Gasteiger partial charge in [0, 0.05) is 4.88 Å². The molecule has 0 aliphatic rings. The van der Waals surface area contributed by atoms with E-state index in [1.54, 1.807) is 12.1 Å². The number of carbonyl (C=O) groups is 2. The number of benzene rings is 1. The van der Waals surface area contributed by atoms with Crippen LogP contribution in [0.15, 0.2) is 41.8 Å². The molecule has 0 aliphatic heterocycles. The van der Waals surface area contributed by atoms with Crippen LogP contribution in [0.25, 0.3) is 0 Å². The average molecular weight is 300 g/mol. The van der Waals surface area contributed by atoms with Crippen LogP contribution in [-0.4, -0.2) is 18.5 Å². The van der Waals surface area contributed by atoms with Crippen LogP contribution in [-0.2, 0) is 16.1 Å². The van der Waals surface area contributed by atoms with Gasteiger partial charge in [-0.3, -0.25) is 4.79 Å². The lowest BCUT2D eigenvalue weighted by molar-refractivity contribution is -0.124. The molecule has 0 fully saturated rings. The van der Waals surface area contributed by atoms with E-state index < -0.39 is 5.97 Å². The molecule has 5 nitrogen and oxygen atoms in total. The molecule has 0 bridgehead atoms. The van der Waals surface area contributed by atoms with E-state index in [4.69, 9.17) is 10.00 Å². The monoisotopic (exact) mass is 300 g/mol. The van der Waals surface area contributed by atoms with Gasteiger partial charge >= 0.3 is 5.97 Å². The van der Waals surface area contributed by atoms with Gasteiger partial charge in [-0.05, 0) is 29.6 Å². The van der Waals surface area contributed by atoms with E-state index in [0.29, 0.717) is 12.1 Å². The van der Waals surface area contributed by atoms with Gasteiger partial charge in [-0.1, -0.05) is 12.1 Å². The third kappa shape index (κ3) is 4.44. The Kier molecular flexibility index (Phi) is 5.07. The molecule has 21 heavy (non-hydrogen) atoms. The smallest absolute Gasteiger partial charge is 0.338 e. The lowest BCUT2D eigenvalue weighted by atomic mass is 10.1. The molecule has 106 valence electrons. The first-order chi connectivity index (χ1) is 10.2. The van der Waals surface area contributed by atoms with Crippen molar-refractivity contribution in [3.63, 3.8) is 0 Å². The third-order valence-corrected chi connectivity index (χ3v) is 3.48. The first-order valence-electron chi connectivity index (χ1n) is 6.15. The number of esters is 1. The maximum atomic E-state index is 11.7. The van der Waals surface area contributed by atoms with E-state index in [1.807, 2.05) is 23.6 Å². The molecule has 1 aromatic heterocycles. The molecule has 0 radical (unpaired) electrons. The van der Waals surface area contributed by atoms with Gasteiger partial charge in [-0.25, -0.2) is 4.79 Å². The second-order valence-corrected chi connectivity index (χ2v) is 5.16. The quantitative estimate of drug-likeness (QED) is 0.858. The lowest BCUT2D eigenvalue weighted by Crippen LogP contribution is -2.28. The second-order valence-electron chi connectivity index (χ2n) is 4.12. The van der Waals surface area contributed by atoms with Gasteiger partial charge in [0.1, 0.15) is 0 Å². The van der Waals surface area contributed by atoms with Gasteiger partial charge < -0.3 is 10.1 Å². The van der Waals surface area contributed by atoms with Crippen LogP contribution in [0.1, 0.15) is 20.8 Å². The number of thiophene rings is 1. The Balaban J connectivity index is 1.80. The maximum Gasteiger partial charge on any atom is 0.338 e. The fraction of sp³-hybridized carbons (Fsp3) is 0.133. The van der Waals surface area contributed by atoms with Crippen LogP contribution in [0.3, 0.4) is 0 Å². The van der Waals surface area contributed by atoms with Crippen molar-refractivity contribution in [2.45, 2.75) is 6.54 Å². The van der Waals surface area contributed by atoms with Crippen LogP contribution in [0.5, 0.6) is 0 Å². The molecule has 1 N–H and O–H groups in total. The maximum absolute atomic E-state index is 11.7. The Morgan fingerprint density at radius 3 is 2.86 bits per heavy atom. The zero-order valence-corrected chi connectivity index (χ0v) is 11.9. The van der Waals surface area contributed by atoms with Gasteiger partial charge in [-0.2, -0.15) is 5.26 Å². The van der Waals surface area contributed by atoms with E-state index >= 15 is 0 Å². The number of rotatable bonds is 5. The van der Waals surface area contributed by atoms with Gasteiger partial charge in [-0.15, -0.1) is 11.3 Å². The second kappa shape index (κ2) is 7.22. The molecule has 0 saturated heterocycles. The van der Waals surface area contributed by atoms with Gasteiger partial charge in [0.15, 0.2) is 6.61 Å². The number of nitrogens with zero attached hydrogens (tertiary/aromatic N) is 1. The molecule has 0 aliphatic carbocycles. The highest BCUT2D eigenvalue weighted by Crippen LogP contribution is 2.08. The summed E-state index contributed by atoms with van der Waals surface area (Å²) in [6, 6.07) is 11.9. The molecule has 2 aromatic rings. The zero-order valence-electron chi connectivity index (χ0n) is 11.0. The van der Waals surface area contributed by atoms with E-state index in [0.717, 1.165) is 4.88 Å². The fourth-order valence-corrected chi connectivity index (χ4v) is 2.22. The van der Waals surface area contributed by atoms with Crippen molar-refractivity contribution in [3.05, 3.63) is 57.8 Å². The summed E-state index contributed by atoms with van der Waals surface area (Å²) in [5.41, 5.74) is 0.617. The minimum Gasteiger partial charge on any atom is -0.452 e. The van der Waals surface area contributed by atoms with Crippen LogP contribution in [0.4, 0.5) is 0 Å². The Bertz CT molecular complexity index is 674. The Labute approximate surface area is 125 Å². The van der Waals surface area contributed by atoms with Crippen LogP contribution in [0, 0.1) is 11.3 Å².